The van der Waals surface area contributed by atoms with Gasteiger partial charge in [-0.05, 0) is 30.3 Å². The van der Waals surface area contributed by atoms with Crippen LogP contribution in [-0.4, -0.2) is 33.2 Å². The maximum absolute atomic E-state index is 13.2. The summed E-state index contributed by atoms with van der Waals surface area (Å²) in [6.45, 7) is 0. The largest absolute Gasteiger partial charge is 0.497 e. The molecule has 1 N–H and O–H groups in total. The number of hydrogen-bond acceptors (Lipinski definition) is 6. The molecule has 0 aliphatic heterocycles. The second-order valence-corrected chi connectivity index (χ2v) is 7.04. The van der Waals surface area contributed by atoms with Crippen LogP contribution in [0.15, 0.2) is 60.0 Å². The highest BCUT2D eigenvalue weighted by molar-refractivity contribution is 7.99. The van der Waals surface area contributed by atoms with Crippen molar-refractivity contribution < 1.29 is 27.6 Å². The molecule has 162 valence electrons. The molecule has 0 aliphatic carbocycles. The third kappa shape index (κ3) is 5.34. The van der Waals surface area contributed by atoms with Crippen molar-refractivity contribution in [3.63, 3.8) is 0 Å². The molecule has 1 heterocycles. The number of nitrogens with zero attached hydrogens (tertiary/aromatic N) is 3. The Kier molecular flexibility index (Phi) is 6.49. The molecule has 2 aromatic carbocycles. The van der Waals surface area contributed by atoms with E-state index in [-0.39, 0.29) is 5.75 Å². The van der Waals surface area contributed by atoms with Crippen LogP contribution in [0.3, 0.4) is 0 Å². The third-order valence-electron chi connectivity index (χ3n) is 4.08. The number of methoxy groups -OCH3 is 1. The van der Waals surface area contributed by atoms with E-state index in [1.165, 1.54) is 6.20 Å². The first-order valence-corrected chi connectivity index (χ1v) is 9.63. The van der Waals surface area contributed by atoms with Crippen LogP contribution in [-0.2, 0) is 11.0 Å². The quantitative estimate of drug-likeness (QED) is 0.321. The normalized spacial score (nSPS) is 11.2. The number of nitro groups is 1. The van der Waals surface area contributed by atoms with Gasteiger partial charge in [-0.1, -0.05) is 11.8 Å². The zero-order valence-electron chi connectivity index (χ0n) is 15.9. The second-order valence-electron chi connectivity index (χ2n) is 6.10. The van der Waals surface area contributed by atoms with Crippen molar-refractivity contribution in [2.75, 3.05) is 18.2 Å². The van der Waals surface area contributed by atoms with Crippen LogP contribution in [0.25, 0.3) is 5.69 Å². The van der Waals surface area contributed by atoms with E-state index in [1.807, 2.05) is 0 Å². The van der Waals surface area contributed by atoms with Crippen molar-refractivity contribution in [1.29, 1.82) is 0 Å². The monoisotopic (exact) mass is 452 g/mol. The van der Waals surface area contributed by atoms with E-state index in [0.29, 0.717) is 17.0 Å². The number of nitro benzene ring substituents is 1. The Labute approximate surface area is 178 Å². The van der Waals surface area contributed by atoms with Gasteiger partial charge in [0.05, 0.1) is 29.0 Å². The maximum Gasteiger partial charge on any atom is 0.418 e. The predicted molar refractivity (Wildman–Crippen MR) is 108 cm³/mol. The topological polar surface area (TPSA) is 99.3 Å². The van der Waals surface area contributed by atoms with Gasteiger partial charge in [-0.25, -0.2) is 4.98 Å². The van der Waals surface area contributed by atoms with Crippen molar-refractivity contribution in [2.45, 2.75) is 11.3 Å². The summed E-state index contributed by atoms with van der Waals surface area (Å²) in [5, 5.41) is 13.4. The van der Waals surface area contributed by atoms with E-state index in [0.717, 1.165) is 29.6 Å². The summed E-state index contributed by atoms with van der Waals surface area (Å²) in [5.74, 6) is -0.267. The van der Waals surface area contributed by atoms with E-state index < -0.39 is 33.9 Å². The minimum Gasteiger partial charge on any atom is -0.497 e. The fourth-order valence-electron chi connectivity index (χ4n) is 2.64. The molecular formula is C19H15F3N4O4S. The van der Waals surface area contributed by atoms with Crippen LogP contribution in [0.4, 0.5) is 24.5 Å². The molecular weight excluding hydrogens is 437 g/mol. The lowest BCUT2D eigenvalue weighted by molar-refractivity contribution is -0.385. The molecule has 0 aliphatic rings. The van der Waals surface area contributed by atoms with Crippen molar-refractivity contribution >= 4 is 29.0 Å². The average molecular weight is 452 g/mol. The van der Waals surface area contributed by atoms with Gasteiger partial charge >= 0.3 is 6.18 Å². The van der Waals surface area contributed by atoms with Gasteiger partial charge in [-0.2, -0.15) is 13.2 Å². The number of rotatable bonds is 7. The summed E-state index contributed by atoms with van der Waals surface area (Å²) in [5.41, 5.74) is -1.81. The highest BCUT2D eigenvalue weighted by Crippen LogP contribution is 2.37. The fourth-order valence-corrected chi connectivity index (χ4v) is 3.41. The Hall–Kier alpha value is -3.54. The molecule has 0 bridgehead atoms. The van der Waals surface area contributed by atoms with Crippen LogP contribution in [0.1, 0.15) is 5.56 Å². The van der Waals surface area contributed by atoms with Gasteiger partial charge in [0.1, 0.15) is 5.75 Å². The number of benzene rings is 2. The number of imidazole rings is 1. The van der Waals surface area contributed by atoms with Gasteiger partial charge in [0, 0.05) is 30.2 Å². The van der Waals surface area contributed by atoms with E-state index >= 15 is 0 Å². The molecule has 0 unspecified atom stereocenters. The SMILES string of the molecule is COc1ccc(-n2ccnc2SCC(=O)Nc2ccc([N+](=O)[O-])cc2C(F)(F)F)cc1. The van der Waals surface area contributed by atoms with Crippen LogP contribution in [0.2, 0.25) is 0 Å². The van der Waals surface area contributed by atoms with Gasteiger partial charge in [0.2, 0.25) is 5.91 Å². The number of alkyl halides is 3. The smallest absolute Gasteiger partial charge is 0.418 e. The summed E-state index contributed by atoms with van der Waals surface area (Å²) < 4.78 is 46.6. The molecule has 0 saturated heterocycles. The molecule has 31 heavy (non-hydrogen) atoms. The number of hydrogen-bond donors (Lipinski definition) is 1. The first kappa shape index (κ1) is 22.2. The van der Waals surface area contributed by atoms with Gasteiger partial charge in [0.25, 0.3) is 5.69 Å². The number of amides is 1. The minimum absolute atomic E-state index is 0.221. The van der Waals surface area contributed by atoms with Crippen molar-refractivity contribution in [1.82, 2.24) is 9.55 Å². The van der Waals surface area contributed by atoms with Crippen LogP contribution in [0.5, 0.6) is 5.75 Å². The van der Waals surface area contributed by atoms with Gasteiger partial charge in [0.15, 0.2) is 5.16 Å². The maximum atomic E-state index is 13.2. The number of ether oxygens (including phenoxy) is 1. The van der Waals surface area contributed by atoms with E-state index in [1.54, 1.807) is 42.1 Å². The standard InChI is InChI=1S/C19H15F3N4O4S/c1-30-14-5-2-12(3-6-14)25-9-8-23-18(25)31-11-17(27)24-16-7-4-13(26(28)29)10-15(16)19(20,21)22/h2-10H,11H2,1H3,(H,24,27). The summed E-state index contributed by atoms with van der Waals surface area (Å²) in [7, 11) is 1.54. The van der Waals surface area contributed by atoms with E-state index in [2.05, 4.69) is 10.3 Å². The highest BCUT2D eigenvalue weighted by Gasteiger charge is 2.35. The summed E-state index contributed by atoms with van der Waals surface area (Å²) >= 11 is 1.03. The minimum atomic E-state index is -4.87. The van der Waals surface area contributed by atoms with E-state index in [9.17, 15) is 28.1 Å². The number of carbonyl (C=O) groups excluding carboxylic acids is 1. The van der Waals surface area contributed by atoms with E-state index in [4.69, 9.17) is 4.74 Å². The third-order valence-corrected chi connectivity index (χ3v) is 5.05. The average Bonchev–Trinajstić information content (AvgIpc) is 3.20. The molecule has 8 nitrogen and oxygen atoms in total. The number of anilines is 1. The summed E-state index contributed by atoms with van der Waals surface area (Å²) in [4.78, 5) is 26.2. The van der Waals surface area contributed by atoms with Crippen LogP contribution >= 0.6 is 11.8 Å². The van der Waals surface area contributed by atoms with Gasteiger partial charge in [-0.3, -0.25) is 19.5 Å². The molecule has 0 radical (unpaired) electrons. The number of nitrogens with one attached hydrogen (secondary N) is 1. The Balaban J connectivity index is 1.72. The molecule has 0 fully saturated rings. The number of halogens is 3. The first-order chi connectivity index (χ1) is 14.7. The molecule has 3 rings (SSSR count). The van der Waals surface area contributed by atoms with Crippen LogP contribution in [0, 0.1) is 10.1 Å². The first-order valence-electron chi connectivity index (χ1n) is 8.65. The Morgan fingerprint density at radius 1 is 1.26 bits per heavy atom. The lowest BCUT2D eigenvalue weighted by Gasteiger charge is -2.13. The number of carbonyl (C=O) groups is 1. The van der Waals surface area contributed by atoms with Crippen LogP contribution < -0.4 is 10.1 Å². The van der Waals surface area contributed by atoms with Gasteiger partial charge in [-0.15, -0.1) is 0 Å². The van der Waals surface area contributed by atoms with Gasteiger partial charge < -0.3 is 10.1 Å². The zero-order chi connectivity index (χ0) is 22.6. The molecule has 0 saturated carbocycles. The van der Waals surface area contributed by atoms with Crippen molar-refractivity contribution in [3.05, 3.63) is 70.5 Å². The molecule has 1 aromatic heterocycles. The number of aromatic nitrogens is 2. The molecule has 1 amide bonds. The second kappa shape index (κ2) is 9.08. The molecule has 0 spiro atoms. The lowest BCUT2D eigenvalue weighted by atomic mass is 10.1. The lowest BCUT2D eigenvalue weighted by Crippen LogP contribution is -2.18. The summed E-state index contributed by atoms with van der Waals surface area (Å²) in [6, 6.07) is 9.23. The molecule has 12 heteroatoms. The predicted octanol–water partition coefficient (Wildman–Crippen LogP) is 4.54. The Morgan fingerprint density at radius 2 is 1.97 bits per heavy atom. The van der Waals surface area contributed by atoms with Crippen molar-refractivity contribution in [2.24, 2.45) is 0 Å². The zero-order valence-corrected chi connectivity index (χ0v) is 16.7. The fraction of sp³-hybridized carbons (Fsp3) is 0.158. The molecule has 0 atom stereocenters. The Morgan fingerprint density at radius 3 is 2.58 bits per heavy atom. The summed E-state index contributed by atoms with van der Waals surface area (Å²) in [6.07, 6.45) is -1.66. The van der Waals surface area contributed by atoms with Crippen molar-refractivity contribution in [3.8, 4) is 11.4 Å². The highest BCUT2D eigenvalue weighted by atomic mass is 32.2. The molecule has 3 aromatic rings. The number of thioether (sulfide) groups is 1. The number of non-ortho nitro benzene ring substituents is 1. The Bertz CT molecular complexity index is 1100.